The molecule has 5 heteroatoms. The Hall–Kier alpha value is -1.07. The quantitative estimate of drug-likeness (QED) is 0.730. The van der Waals surface area contributed by atoms with Crippen molar-refractivity contribution in [2.45, 2.75) is 51.8 Å². The fraction of sp³-hybridized carbons (Fsp3) is 0.786. The smallest absolute Gasteiger partial charge is 0.157 e. The van der Waals surface area contributed by atoms with Gasteiger partial charge in [-0.15, -0.1) is 0 Å². The van der Waals surface area contributed by atoms with Crippen molar-refractivity contribution in [2.24, 2.45) is 0 Å². The number of ether oxygens (including phenoxy) is 2. The Balaban J connectivity index is 1.60. The van der Waals surface area contributed by atoms with E-state index >= 15 is 0 Å². The molecular weight excluding hydrogens is 242 g/mol. The normalized spacial score (nSPS) is 20.6. The van der Waals surface area contributed by atoms with E-state index in [0.29, 0.717) is 18.8 Å². The molecule has 2 unspecified atom stereocenters. The van der Waals surface area contributed by atoms with E-state index in [9.17, 15) is 0 Å². The SMILES string of the molecule is CCCn1cc(OCCNC(C)C2CCCO2)cn1. The maximum absolute atomic E-state index is 5.66. The number of aryl methyl sites for hydroxylation is 1. The lowest BCUT2D eigenvalue weighted by Gasteiger charge is -2.19. The molecule has 19 heavy (non-hydrogen) atoms. The van der Waals surface area contributed by atoms with Gasteiger partial charge in [0.2, 0.25) is 0 Å². The van der Waals surface area contributed by atoms with Gasteiger partial charge in [0.15, 0.2) is 5.75 Å². The molecule has 108 valence electrons. The van der Waals surface area contributed by atoms with Crippen LogP contribution in [0, 0.1) is 0 Å². The molecule has 2 atom stereocenters. The first kappa shape index (κ1) is 14.3. The average molecular weight is 267 g/mol. The van der Waals surface area contributed by atoms with Crippen LogP contribution in [-0.4, -0.2) is 41.7 Å². The first-order chi connectivity index (χ1) is 9.29. The number of aromatic nitrogens is 2. The molecule has 0 amide bonds. The van der Waals surface area contributed by atoms with E-state index in [1.165, 1.54) is 12.8 Å². The molecule has 1 aliphatic heterocycles. The molecule has 0 saturated carbocycles. The molecule has 0 bridgehead atoms. The second kappa shape index (κ2) is 7.50. The zero-order chi connectivity index (χ0) is 13.5. The Morgan fingerprint density at radius 3 is 3.26 bits per heavy atom. The second-order valence-electron chi connectivity index (χ2n) is 5.08. The van der Waals surface area contributed by atoms with Gasteiger partial charge in [0.05, 0.1) is 18.5 Å². The van der Waals surface area contributed by atoms with Crippen molar-refractivity contribution < 1.29 is 9.47 Å². The van der Waals surface area contributed by atoms with Crippen molar-refractivity contribution in [3.05, 3.63) is 12.4 Å². The predicted octanol–water partition coefficient (Wildman–Crippen LogP) is 1.83. The highest BCUT2D eigenvalue weighted by molar-refractivity contribution is 5.11. The zero-order valence-electron chi connectivity index (χ0n) is 12.0. The number of nitrogens with one attached hydrogen (secondary N) is 1. The van der Waals surface area contributed by atoms with E-state index < -0.39 is 0 Å². The van der Waals surface area contributed by atoms with E-state index in [0.717, 1.165) is 31.9 Å². The van der Waals surface area contributed by atoms with Crippen LogP contribution in [0.4, 0.5) is 0 Å². The van der Waals surface area contributed by atoms with Crippen molar-refractivity contribution >= 4 is 0 Å². The molecule has 2 heterocycles. The van der Waals surface area contributed by atoms with Crippen molar-refractivity contribution in [1.29, 1.82) is 0 Å². The minimum atomic E-state index is 0.368. The molecular formula is C14H25N3O2. The van der Waals surface area contributed by atoms with E-state index in [-0.39, 0.29) is 0 Å². The van der Waals surface area contributed by atoms with Crippen molar-refractivity contribution in [1.82, 2.24) is 15.1 Å². The van der Waals surface area contributed by atoms with Gasteiger partial charge in [-0.05, 0) is 26.2 Å². The van der Waals surface area contributed by atoms with Crippen LogP contribution in [0.25, 0.3) is 0 Å². The van der Waals surface area contributed by atoms with Crippen LogP contribution in [0.15, 0.2) is 12.4 Å². The van der Waals surface area contributed by atoms with Crippen LogP contribution in [0.1, 0.15) is 33.1 Å². The molecule has 0 radical (unpaired) electrons. The Labute approximate surface area is 115 Å². The summed E-state index contributed by atoms with van der Waals surface area (Å²) in [7, 11) is 0. The van der Waals surface area contributed by atoms with E-state index in [2.05, 4.69) is 24.3 Å². The average Bonchev–Trinajstić information content (AvgIpc) is 3.06. The van der Waals surface area contributed by atoms with Crippen LogP contribution in [0.3, 0.4) is 0 Å². The van der Waals surface area contributed by atoms with Gasteiger partial charge >= 0.3 is 0 Å². The van der Waals surface area contributed by atoms with Gasteiger partial charge in [-0.1, -0.05) is 6.92 Å². The molecule has 2 rings (SSSR count). The lowest BCUT2D eigenvalue weighted by atomic mass is 10.1. The third kappa shape index (κ3) is 4.51. The lowest BCUT2D eigenvalue weighted by Crippen LogP contribution is -2.39. The molecule has 1 N–H and O–H groups in total. The molecule has 1 fully saturated rings. The highest BCUT2D eigenvalue weighted by Crippen LogP contribution is 2.15. The fourth-order valence-corrected chi connectivity index (χ4v) is 2.35. The van der Waals surface area contributed by atoms with Crippen molar-refractivity contribution in [3.63, 3.8) is 0 Å². The van der Waals surface area contributed by atoms with Gasteiger partial charge in [0.25, 0.3) is 0 Å². The first-order valence-corrected chi connectivity index (χ1v) is 7.30. The maximum Gasteiger partial charge on any atom is 0.157 e. The van der Waals surface area contributed by atoms with Crippen LogP contribution >= 0.6 is 0 Å². The van der Waals surface area contributed by atoms with Crippen molar-refractivity contribution in [3.8, 4) is 5.75 Å². The Morgan fingerprint density at radius 1 is 1.63 bits per heavy atom. The summed E-state index contributed by atoms with van der Waals surface area (Å²) in [6.45, 7) is 7.66. The summed E-state index contributed by atoms with van der Waals surface area (Å²) in [6, 6.07) is 0.397. The number of rotatable bonds is 8. The van der Waals surface area contributed by atoms with Gasteiger partial charge in [0.1, 0.15) is 6.61 Å². The fourth-order valence-electron chi connectivity index (χ4n) is 2.35. The van der Waals surface area contributed by atoms with Gasteiger partial charge in [-0.2, -0.15) is 5.10 Å². The largest absolute Gasteiger partial charge is 0.489 e. The summed E-state index contributed by atoms with van der Waals surface area (Å²) < 4.78 is 13.2. The van der Waals surface area contributed by atoms with E-state index in [1.54, 1.807) is 6.20 Å². The summed E-state index contributed by atoms with van der Waals surface area (Å²) in [5, 5.41) is 7.68. The molecule has 0 aliphatic carbocycles. The highest BCUT2D eigenvalue weighted by Gasteiger charge is 2.21. The monoisotopic (exact) mass is 267 g/mol. The van der Waals surface area contributed by atoms with Gasteiger partial charge in [0, 0.05) is 25.7 Å². The molecule has 0 aromatic carbocycles. The third-order valence-electron chi connectivity index (χ3n) is 3.42. The first-order valence-electron chi connectivity index (χ1n) is 7.30. The molecule has 5 nitrogen and oxygen atoms in total. The minimum Gasteiger partial charge on any atom is -0.489 e. The third-order valence-corrected chi connectivity index (χ3v) is 3.42. The van der Waals surface area contributed by atoms with Gasteiger partial charge in [-0.3, -0.25) is 4.68 Å². The number of nitrogens with zero attached hydrogens (tertiary/aromatic N) is 2. The molecule has 0 spiro atoms. The zero-order valence-corrected chi connectivity index (χ0v) is 12.0. The highest BCUT2D eigenvalue weighted by atomic mass is 16.5. The van der Waals surface area contributed by atoms with Crippen molar-refractivity contribution in [2.75, 3.05) is 19.8 Å². The van der Waals surface area contributed by atoms with E-state index in [1.807, 2.05) is 10.9 Å². The minimum absolute atomic E-state index is 0.368. The van der Waals surface area contributed by atoms with Crippen LogP contribution in [-0.2, 0) is 11.3 Å². The topological polar surface area (TPSA) is 48.3 Å². The summed E-state index contributed by atoms with van der Waals surface area (Å²) in [5.74, 6) is 0.847. The lowest BCUT2D eigenvalue weighted by molar-refractivity contribution is 0.0824. The van der Waals surface area contributed by atoms with Gasteiger partial charge in [-0.25, -0.2) is 0 Å². The summed E-state index contributed by atoms with van der Waals surface area (Å²) >= 11 is 0. The van der Waals surface area contributed by atoms with Gasteiger partial charge < -0.3 is 14.8 Å². The Bertz CT molecular complexity index is 361. The summed E-state index contributed by atoms with van der Waals surface area (Å²) in [4.78, 5) is 0. The maximum atomic E-state index is 5.66. The molecule has 1 aliphatic rings. The molecule has 1 saturated heterocycles. The second-order valence-corrected chi connectivity index (χ2v) is 5.08. The predicted molar refractivity (Wildman–Crippen MR) is 74.5 cm³/mol. The van der Waals surface area contributed by atoms with Crippen LogP contribution in [0.5, 0.6) is 5.75 Å². The standard InChI is InChI=1S/C14H25N3O2/c1-3-7-17-11-13(10-16-17)18-9-6-15-12(2)14-5-4-8-19-14/h10-12,14-15H,3-9H2,1-2H3. The summed E-state index contributed by atoms with van der Waals surface area (Å²) in [6.07, 6.45) is 7.53. The van der Waals surface area contributed by atoms with Crippen LogP contribution < -0.4 is 10.1 Å². The number of hydrogen-bond donors (Lipinski definition) is 1. The Morgan fingerprint density at radius 2 is 2.53 bits per heavy atom. The number of hydrogen-bond acceptors (Lipinski definition) is 4. The Kier molecular flexibility index (Phi) is 5.66. The van der Waals surface area contributed by atoms with Crippen LogP contribution in [0.2, 0.25) is 0 Å². The van der Waals surface area contributed by atoms with E-state index in [4.69, 9.17) is 9.47 Å². The molecule has 1 aromatic rings. The molecule has 1 aromatic heterocycles. The summed E-state index contributed by atoms with van der Waals surface area (Å²) in [5.41, 5.74) is 0.